The van der Waals surface area contributed by atoms with Crippen molar-refractivity contribution in [3.05, 3.63) is 40.3 Å². The third-order valence-corrected chi connectivity index (χ3v) is 8.09. The molecule has 9 nitrogen and oxygen atoms in total. The number of hydrogen-bond donors (Lipinski definition) is 2. The summed E-state index contributed by atoms with van der Waals surface area (Å²) < 4.78 is 31.5. The SMILES string of the molecule is COC(=O)c1c(NC(=O)CN(C)S(=O)(=O)c2ccc(NC(C)=O)cc2)sc2c1CCCC2. The van der Waals surface area contributed by atoms with Crippen LogP contribution in [-0.4, -0.2) is 51.2 Å². The summed E-state index contributed by atoms with van der Waals surface area (Å²) in [5.74, 6) is -1.34. The first-order valence-corrected chi connectivity index (χ1v) is 12.3. The fourth-order valence-corrected chi connectivity index (χ4v) is 5.94. The van der Waals surface area contributed by atoms with Gasteiger partial charge in [0, 0.05) is 24.5 Å². The second kappa shape index (κ2) is 9.80. The van der Waals surface area contributed by atoms with Gasteiger partial charge in [-0.2, -0.15) is 4.31 Å². The minimum Gasteiger partial charge on any atom is -0.465 e. The molecule has 3 rings (SSSR count). The number of amides is 2. The lowest BCUT2D eigenvalue weighted by molar-refractivity contribution is -0.116. The number of carbonyl (C=O) groups excluding carboxylic acids is 3. The Morgan fingerprint density at radius 3 is 2.38 bits per heavy atom. The molecule has 2 N–H and O–H groups in total. The predicted molar refractivity (Wildman–Crippen MR) is 121 cm³/mol. The molecule has 0 saturated carbocycles. The summed E-state index contributed by atoms with van der Waals surface area (Å²) in [6.45, 7) is 0.922. The normalized spacial score (nSPS) is 13.4. The summed E-state index contributed by atoms with van der Waals surface area (Å²) >= 11 is 1.34. The van der Waals surface area contributed by atoms with Gasteiger partial charge < -0.3 is 15.4 Å². The first-order chi connectivity index (χ1) is 15.1. The molecule has 0 spiro atoms. The molecule has 11 heteroatoms. The number of benzene rings is 1. The van der Waals surface area contributed by atoms with E-state index in [1.807, 2.05) is 0 Å². The van der Waals surface area contributed by atoms with Gasteiger partial charge in [0.1, 0.15) is 5.00 Å². The monoisotopic (exact) mass is 479 g/mol. The first-order valence-electron chi connectivity index (χ1n) is 10.00. The van der Waals surface area contributed by atoms with Crippen LogP contribution in [0, 0.1) is 0 Å². The molecule has 1 aromatic carbocycles. The fourth-order valence-electron chi connectivity index (χ4n) is 3.52. The number of thiophene rings is 1. The number of anilines is 2. The van der Waals surface area contributed by atoms with Gasteiger partial charge in [0.2, 0.25) is 21.8 Å². The van der Waals surface area contributed by atoms with Gasteiger partial charge in [0.25, 0.3) is 0 Å². The zero-order valence-electron chi connectivity index (χ0n) is 18.1. The summed E-state index contributed by atoms with van der Waals surface area (Å²) in [6.07, 6.45) is 3.56. The number of rotatable bonds is 7. The number of carbonyl (C=O) groups is 3. The van der Waals surface area contributed by atoms with Crippen molar-refractivity contribution in [2.24, 2.45) is 0 Å². The predicted octanol–water partition coefficient (Wildman–Crippen LogP) is 2.63. The van der Waals surface area contributed by atoms with Gasteiger partial charge in [-0.25, -0.2) is 13.2 Å². The van der Waals surface area contributed by atoms with Crippen molar-refractivity contribution in [1.82, 2.24) is 4.31 Å². The second-order valence-electron chi connectivity index (χ2n) is 7.42. The molecule has 32 heavy (non-hydrogen) atoms. The second-order valence-corrected chi connectivity index (χ2v) is 10.6. The average Bonchev–Trinajstić information content (AvgIpc) is 3.10. The molecule has 2 amide bonds. The number of ether oxygens (including phenoxy) is 1. The number of likely N-dealkylation sites (N-methyl/N-ethyl adjacent to an activating group) is 1. The maximum absolute atomic E-state index is 12.8. The Kier molecular flexibility index (Phi) is 7.32. The Morgan fingerprint density at radius 1 is 1.09 bits per heavy atom. The van der Waals surface area contributed by atoms with Gasteiger partial charge in [-0.1, -0.05) is 0 Å². The molecule has 0 aliphatic heterocycles. The topological polar surface area (TPSA) is 122 Å². The Hall–Kier alpha value is -2.76. The van der Waals surface area contributed by atoms with E-state index in [-0.39, 0.29) is 10.8 Å². The summed E-state index contributed by atoms with van der Waals surface area (Å²) in [6, 6.07) is 5.66. The van der Waals surface area contributed by atoms with Crippen LogP contribution in [0.2, 0.25) is 0 Å². The van der Waals surface area contributed by atoms with Crippen LogP contribution in [0.4, 0.5) is 10.7 Å². The molecule has 0 atom stereocenters. The number of esters is 1. The highest BCUT2D eigenvalue weighted by Crippen LogP contribution is 2.38. The van der Waals surface area contributed by atoms with Crippen molar-refractivity contribution in [3.8, 4) is 0 Å². The van der Waals surface area contributed by atoms with Crippen molar-refractivity contribution in [3.63, 3.8) is 0 Å². The van der Waals surface area contributed by atoms with Crippen molar-refractivity contribution < 1.29 is 27.5 Å². The largest absolute Gasteiger partial charge is 0.465 e. The average molecular weight is 480 g/mol. The van der Waals surface area contributed by atoms with E-state index in [4.69, 9.17) is 4.74 Å². The maximum Gasteiger partial charge on any atom is 0.341 e. The molecule has 172 valence electrons. The van der Waals surface area contributed by atoms with E-state index >= 15 is 0 Å². The molecule has 0 unspecified atom stereocenters. The molecule has 0 fully saturated rings. The van der Waals surface area contributed by atoms with Crippen LogP contribution in [0.15, 0.2) is 29.2 Å². The number of sulfonamides is 1. The Bertz CT molecular complexity index is 1140. The van der Waals surface area contributed by atoms with Gasteiger partial charge >= 0.3 is 5.97 Å². The molecule has 1 aliphatic rings. The van der Waals surface area contributed by atoms with Crippen LogP contribution in [-0.2, 0) is 37.2 Å². The van der Waals surface area contributed by atoms with Gasteiger partial charge in [-0.3, -0.25) is 9.59 Å². The van der Waals surface area contributed by atoms with Crippen LogP contribution in [0.3, 0.4) is 0 Å². The molecule has 1 heterocycles. The van der Waals surface area contributed by atoms with Crippen molar-refractivity contribution >= 4 is 49.8 Å². The Labute approximate surface area is 190 Å². The number of nitrogens with zero attached hydrogens (tertiary/aromatic N) is 1. The van der Waals surface area contributed by atoms with E-state index in [2.05, 4.69) is 10.6 Å². The summed E-state index contributed by atoms with van der Waals surface area (Å²) in [5, 5.41) is 5.65. The van der Waals surface area contributed by atoms with Crippen molar-refractivity contribution in [2.45, 2.75) is 37.5 Å². The third-order valence-electron chi connectivity index (χ3n) is 5.06. The lowest BCUT2D eigenvalue weighted by Gasteiger charge is -2.17. The van der Waals surface area contributed by atoms with Crippen molar-refractivity contribution in [2.75, 3.05) is 31.3 Å². The quantitative estimate of drug-likeness (QED) is 0.589. The smallest absolute Gasteiger partial charge is 0.341 e. The highest BCUT2D eigenvalue weighted by Gasteiger charge is 2.28. The molecule has 0 saturated heterocycles. The molecular weight excluding hydrogens is 454 g/mol. The maximum atomic E-state index is 12.8. The minimum atomic E-state index is -3.93. The zero-order valence-corrected chi connectivity index (χ0v) is 19.7. The zero-order chi connectivity index (χ0) is 23.5. The van der Waals surface area contributed by atoms with E-state index in [1.165, 1.54) is 56.7 Å². The van der Waals surface area contributed by atoms with Gasteiger partial charge in [0.05, 0.1) is 24.1 Å². The summed E-state index contributed by atoms with van der Waals surface area (Å²) in [5.41, 5.74) is 1.73. The molecule has 1 aliphatic carbocycles. The molecule has 0 bridgehead atoms. The van der Waals surface area contributed by atoms with Gasteiger partial charge in [-0.05, 0) is 55.5 Å². The number of aryl methyl sites for hydroxylation is 1. The number of nitrogens with one attached hydrogen (secondary N) is 2. The van der Waals surface area contributed by atoms with E-state index in [1.54, 1.807) is 0 Å². The van der Waals surface area contributed by atoms with E-state index in [9.17, 15) is 22.8 Å². The Balaban J connectivity index is 1.74. The van der Waals surface area contributed by atoms with E-state index in [0.29, 0.717) is 16.3 Å². The summed E-state index contributed by atoms with van der Waals surface area (Å²) in [7, 11) is -1.34. The standard InChI is InChI=1S/C21H25N3O6S2/c1-13(25)22-14-8-10-15(11-9-14)32(28,29)24(2)12-18(26)23-20-19(21(27)30-3)16-6-4-5-7-17(16)31-20/h8-11H,4-7,12H2,1-3H3,(H,22,25)(H,23,26). The number of fused-ring (bicyclic) bond motifs is 1. The number of methoxy groups -OCH3 is 1. The fraction of sp³-hybridized carbons (Fsp3) is 0.381. The third kappa shape index (κ3) is 5.17. The minimum absolute atomic E-state index is 0.0104. The Morgan fingerprint density at radius 2 is 1.75 bits per heavy atom. The van der Waals surface area contributed by atoms with Crippen LogP contribution in [0.5, 0.6) is 0 Å². The van der Waals surface area contributed by atoms with Crippen molar-refractivity contribution in [1.29, 1.82) is 0 Å². The van der Waals surface area contributed by atoms with Crippen LogP contribution < -0.4 is 10.6 Å². The van der Waals surface area contributed by atoms with E-state index < -0.39 is 28.4 Å². The number of hydrogen-bond acceptors (Lipinski definition) is 7. The van der Waals surface area contributed by atoms with Crippen LogP contribution in [0.1, 0.15) is 40.6 Å². The summed E-state index contributed by atoms with van der Waals surface area (Å²) in [4.78, 5) is 37.1. The van der Waals surface area contributed by atoms with E-state index in [0.717, 1.165) is 40.4 Å². The highest BCUT2D eigenvalue weighted by molar-refractivity contribution is 7.89. The molecule has 0 radical (unpaired) electrons. The molecular formula is C21H25N3O6S2. The van der Waals surface area contributed by atoms with Crippen LogP contribution in [0.25, 0.3) is 0 Å². The highest BCUT2D eigenvalue weighted by atomic mass is 32.2. The first kappa shape index (κ1) is 23.9. The lowest BCUT2D eigenvalue weighted by atomic mass is 9.95. The van der Waals surface area contributed by atoms with Gasteiger partial charge in [-0.15, -0.1) is 11.3 Å². The lowest BCUT2D eigenvalue weighted by Crippen LogP contribution is -2.35. The molecule has 2 aromatic rings. The molecule has 1 aromatic heterocycles. The van der Waals surface area contributed by atoms with Crippen LogP contribution >= 0.6 is 11.3 Å². The van der Waals surface area contributed by atoms with Gasteiger partial charge in [0.15, 0.2) is 0 Å².